The van der Waals surface area contributed by atoms with E-state index in [4.69, 9.17) is 0 Å². The van der Waals surface area contributed by atoms with Gasteiger partial charge in [0.25, 0.3) is 0 Å². The molecule has 0 N–H and O–H groups in total. The molecule has 0 atom stereocenters. The van der Waals surface area contributed by atoms with Crippen molar-refractivity contribution in [2.45, 2.75) is 19.3 Å². The normalized spacial score (nSPS) is 18.1. The van der Waals surface area contributed by atoms with Crippen molar-refractivity contribution in [2.24, 2.45) is 0 Å². The van der Waals surface area contributed by atoms with Crippen LogP contribution >= 0.6 is 0 Å². The van der Waals surface area contributed by atoms with Crippen molar-refractivity contribution in [3.8, 4) is 0 Å². The molecule has 2 aliphatic rings. The first kappa shape index (κ1) is 11.3. The average molecular weight is 237 g/mol. The van der Waals surface area contributed by atoms with Gasteiger partial charge in [-0.2, -0.15) is 0 Å². The van der Waals surface area contributed by atoms with Gasteiger partial charge in [-0.15, -0.1) is 0 Å². The van der Waals surface area contributed by atoms with Crippen LogP contribution in [0.1, 0.15) is 18.4 Å². The lowest BCUT2D eigenvalue weighted by Crippen LogP contribution is -2.30. The van der Waals surface area contributed by atoms with Gasteiger partial charge in [0.1, 0.15) is 0 Å². The molecule has 0 unspecified atom stereocenters. The molecule has 18 heavy (non-hydrogen) atoms. The summed E-state index contributed by atoms with van der Waals surface area (Å²) < 4.78 is 0. The first-order valence-corrected chi connectivity index (χ1v) is 6.78. The number of fused-ring (bicyclic) bond motifs is 1. The third-order valence-corrected chi connectivity index (χ3v) is 3.70. The van der Waals surface area contributed by atoms with Crippen molar-refractivity contribution in [3.63, 3.8) is 0 Å². The van der Waals surface area contributed by atoms with Gasteiger partial charge in [-0.3, -0.25) is 0 Å². The van der Waals surface area contributed by atoms with E-state index in [1.807, 2.05) is 0 Å². The smallest absolute Gasteiger partial charge is 0.0398 e. The predicted octanol–water partition coefficient (Wildman–Crippen LogP) is 3.71. The molecule has 1 nitrogen and oxygen atoms in total. The number of benzene rings is 1. The van der Waals surface area contributed by atoms with Gasteiger partial charge in [-0.25, -0.2) is 0 Å². The highest BCUT2D eigenvalue weighted by molar-refractivity contribution is 5.40. The minimum absolute atomic E-state index is 1.10. The van der Waals surface area contributed by atoms with E-state index in [1.54, 1.807) is 0 Å². The van der Waals surface area contributed by atoms with E-state index in [2.05, 4.69) is 59.5 Å². The quantitative estimate of drug-likeness (QED) is 0.774. The molecular weight excluding hydrogens is 218 g/mol. The van der Waals surface area contributed by atoms with Crippen LogP contribution in [-0.4, -0.2) is 18.0 Å². The molecule has 1 aromatic rings. The molecule has 0 fully saturated rings. The Morgan fingerprint density at radius 3 is 2.89 bits per heavy atom. The van der Waals surface area contributed by atoms with Crippen molar-refractivity contribution in [2.75, 3.05) is 13.1 Å². The van der Waals surface area contributed by atoms with E-state index in [0.717, 1.165) is 25.9 Å². The van der Waals surface area contributed by atoms with Crippen molar-refractivity contribution in [1.82, 2.24) is 4.90 Å². The summed E-state index contributed by atoms with van der Waals surface area (Å²) in [7, 11) is 0. The van der Waals surface area contributed by atoms with Gasteiger partial charge >= 0.3 is 0 Å². The Bertz CT molecular complexity index is 494. The minimum Gasteiger partial charge on any atom is -0.371 e. The summed E-state index contributed by atoms with van der Waals surface area (Å²) in [6.45, 7) is 2.29. The van der Waals surface area contributed by atoms with E-state index >= 15 is 0 Å². The van der Waals surface area contributed by atoms with Gasteiger partial charge in [0.2, 0.25) is 0 Å². The maximum atomic E-state index is 2.53. The Hall–Kier alpha value is -1.76. The van der Waals surface area contributed by atoms with Gasteiger partial charge in [-0.05, 0) is 36.5 Å². The predicted molar refractivity (Wildman–Crippen MR) is 76.3 cm³/mol. The van der Waals surface area contributed by atoms with Gasteiger partial charge in [-0.1, -0.05) is 48.6 Å². The zero-order valence-electron chi connectivity index (χ0n) is 10.7. The number of hydrogen-bond acceptors (Lipinski definition) is 1. The van der Waals surface area contributed by atoms with Gasteiger partial charge in [0, 0.05) is 18.8 Å². The fourth-order valence-corrected chi connectivity index (χ4v) is 2.72. The van der Waals surface area contributed by atoms with Crippen LogP contribution in [0.2, 0.25) is 0 Å². The van der Waals surface area contributed by atoms with Crippen molar-refractivity contribution < 1.29 is 0 Å². The molecule has 0 saturated carbocycles. The number of rotatable bonds is 3. The summed E-state index contributed by atoms with van der Waals surface area (Å²) in [5, 5.41) is 0. The van der Waals surface area contributed by atoms with Crippen molar-refractivity contribution in [3.05, 3.63) is 71.5 Å². The summed E-state index contributed by atoms with van der Waals surface area (Å²) in [6, 6.07) is 10.8. The molecule has 1 heterocycles. The Balaban J connectivity index is 1.68. The van der Waals surface area contributed by atoms with Crippen LogP contribution in [-0.2, 0) is 6.42 Å². The molecule has 1 aromatic carbocycles. The van der Waals surface area contributed by atoms with Gasteiger partial charge in [0.15, 0.2) is 0 Å². The molecule has 0 bridgehead atoms. The summed E-state index contributed by atoms with van der Waals surface area (Å²) in [5.74, 6) is 0. The number of nitrogens with zero attached hydrogens (tertiary/aromatic N) is 1. The highest BCUT2D eigenvalue weighted by Crippen LogP contribution is 2.27. The molecule has 0 spiro atoms. The Labute approximate surface area is 109 Å². The van der Waals surface area contributed by atoms with E-state index in [1.165, 1.54) is 23.3 Å². The standard InChI is InChI=1S/C17H19N/c1-2-7-15(8-3-1)12-14-18-13-6-10-16-9-4-5-11-17(16)18/h1-5,7-8,10-11H,6,9,12-14H2. The lowest BCUT2D eigenvalue weighted by atomic mass is 9.97. The largest absolute Gasteiger partial charge is 0.371 e. The Kier molecular flexibility index (Phi) is 3.31. The van der Waals surface area contributed by atoms with Gasteiger partial charge < -0.3 is 4.90 Å². The summed E-state index contributed by atoms with van der Waals surface area (Å²) in [6.07, 6.45) is 12.5. The van der Waals surface area contributed by atoms with Crippen LogP contribution < -0.4 is 0 Å². The van der Waals surface area contributed by atoms with Crippen LogP contribution in [0.4, 0.5) is 0 Å². The van der Waals surface area contributed by atoms with Crippen LogP contribution in [0.3, 0.4) is 0 Å². The molecule has 0 radical (unpaired) electrons. The number of allylic oxidation sites excluding steroid dienone is 4. The topological polar surface area (TPSA) is 3.24 Å². The molecule has 92 valence electrons. The first-order chi connectivity index (χ1) is 8.93. The van der Waals surface area contributed by atoms with Crippen molar-refractivity contribution in [1.29, 1.82) is 0 Å². The first-order valence-electron chi connectivity index (χ1n) is 6.78. The fraction of sp³-hybridized carbons (Fsp3) is 0.294. The minimum atomic E-state index is 1.10. The molecule has 0 aromatic heterocycles. The molecule has 1 aliphatic carbocycles. The van der Waals surface area contributed by atoms with Crippen molar-refractivity contribution >= 4 is 0 Å². The maximum absolute atomic E-state index is 2.53. The van der Waals surface area contributed by atoms with E-state index < -0.39 is 0 Å². The van der Waals surface area contributed by atoms with Crippen LogP contribution in [0.5, 0.6) is 0 Å². The third kappa shape index (κ3) is 2.40. The van der Waals surface area contributed by atoms with Gasteiger partial charge in [0.05, 0.1) is 0 Å². The third-order valence-electron chi connectivity index (χ3n) is 3.70. The van der Waals surface area contributed by atoms with E-state index in [-0.39, 0.29) is 0 Å². The van der Waals surface area contributed by atoms with E-state index in [9.17, 15) is 0 Å². The van der Waals surface area contributed by atoms with E-state index in [0.29, 0.717) is 0 Å². The second kappa shape index (κ2) is 5.26. The molecule has 3 rings (SSSR count). The highest BCUT2D eigenvalue weighted by atomic mass is 15.1. The summed E-state index contributed by atoms with van der Waals surface area (Å²) in [5.41, 5.74) is 4.39. The molecule has 0 saturated heterocycles. The van der Waals surface area contributed by atoms with Crippen LogP contribution in [0, 0.1) is 0 Å². The molecular formula is C17H19N. The monoisotopic (exact) mass is 237 g/mol. The SMILES string of the molecule is C1=CCC2=CCCN(CCc3ccccc3)C2=C1. The lowest BCUT2D eigenvalue weighted by molar-refractivity contribution is 0.348. The summed E-state index contributed by atoms with van der Waals surface area (Å²) in [4.78, 5) is 2.53. The average Bonchev–Trinajstić information content (AvgIpc) is 2.46. The number of hydrogen-bond donors (Lipinski definition) is 0. The summed E-state index contributed by atoms with van der Waals surface area (Å²) >= 11 is 0. The lowest BCUT2D eigenvalue weighted by Gasteiger charge is -2.33. The zero-order chi connectivity index (χ0) is 12.2. The molecule has 1 heteroatoms. The second-order valence-electron chi connectivity index (χ2n) is 4.92. The maximum Gasteiger partial charge on any atom is 0.0398 e. The van der Waals surface area contributed by atoms with Crippen LogP contribution in [0.25, 0.3) is 0 Å². The Morgan fingerprint density at radius 1 is 1.11 bits per heavy atom. The molecule has 0 amide bonds. The Morgan fingerprint density at radius 2 is 2.00 bits per heavy atom. The highest BCUT2D eigenvalue weighted by Gasteiger charge is 2.17. The fourth-order valence-electron chi connectivity index (χ4n) is 2.72. The zero-order valence-corrected chi connectivity index (χ0v) is 10.7. The molecule has 1 aliphatic heterocycles. The second-order valence-corrected chi connectivity index (χ2v) is 4.92. The van der Waals surface area contributed by atoms with Crippen LogP contribution in [0.15, 0.2) is 65.9 Å².